The lowest BCUT2D eigenvalue weighted by molar-refractivity contribution is -0.119. The highest BCUT2D eigenvalue weighted by Gasteiger charge is 2.27. The molecule has 0 spiro atoms. The maximum Gasteiger partial charge on any atom is 0.264 e. The molecule has 0 aliphatic heterocycles. The van der Waals surface area contributed by atoms with Gasteiger partial charge in [-0.15, -0.1) is 0 Å². The van der Waals surface area contributed by atoms with Gasteiger partial charge in [0.15, 0.2) is 0 Å². The number of sulfonamides is 1. The van der Waals surface area contributed by atoms with Crippen LogP contribution in [-0.4, -0.2) is 34.1 Å². The predicted molar refractivity (Wildman–Crippen MR) is 133 cm³/mol. The van der Waals surface area contributed by atoms with Crippen molar-refractivity contribution in [2.45, 2.75) is 38.3 Å². The van der Waals surface area contributed by atoms with Crippen molar-refractivity contribution in [2.24, 2.45) is 0 Å². The molecule has 3 aromatic carbocycles. The van der Waals surface area contributed by atoms with E-state index in [9.17, 15) is 13.2 Å². The van der Waals surface area contributed by atoms with E-state index < -0.39 is 15.9 Å². The first-order chi connectivity index (χ1) is 16.2. The Morgan fingerprint density at radius 3 is 2.26 bits per heavy atom. The first kappa shape index (κ1) is 25.1. The van der Waals surface area contributed by atoms with E-state index in [2.05, 4.69) is 5.32 Å². The van der Waals surface area contributed by atoms with Crippen LogP contribution in [0.15, 0.2) is 77.7 Å². The van der Waals surface area contributed by atoms with E-state index in [1.54, 1.807) is 24.3 Å². The molecule has 0 bridgehead atoms. The Kier molecular flexibility index (Phi) is 8.17. The van der Waals surface area contributed by atoms with E-state index in [0.717, 1.165) is 15.4 Å². The molecule has 0 unspecified atom stereocenters. The van der Waals surface area contributed by atoms with Crippen molar-refractivity contribution >= 4 is 21.6 Å². The standard InChI is InChI=1S/C26H30N2O5S/c1-19(2)33-24-7-5-6-21(16-24)17-27-26(29)18-28(22-10-8-20(3)9-11-22)34(30,31)25-14-12-23(32-4)13-15-25/h5-16,19H,17-18H2,1-4H3,(H,27,29). The van der Waals surface area contributed by atoms with Gasteiger partial charge in [0.25, 0.3) is 10.0 Å². The molecule has 1 amide bonds. The van der Waals surface area contributed by atoms with Crippen LogP contribution >= 0.6 is 0 Å². The zero-order chi connectivity index (χ0) is 24.7. The minimum Gasteiger partial charge on any atom is -0.497 e. The monoisotopic (exact) mass is 482 g/mol. The molecular formula is C26H30N2O5S. The highest BCUT2D eigenvalue weighted by atomic mass is 32.2. The average molecular weight is 483 g/mol. The number of carbonyl (C=O) groups excluding carboxylic acids is 1. The number of ether oxygens (including phenoxy) is 2. The van der Waals surface area contributed by atoms with Gasteiger partial charge in [-0.2, -0.15) is 0 Å². The quantitative estimate of drug-likeness (QED) is 0.466. The minimum atomic E-state index is -3.99. The van der Waals surface area contributed by atoms with Crippen LogP contribution in [0, 0.1) is 6.92 Å². The van der Waals surface area contributed by atoms with Gasteiger partial charge in [0.1, 0.15) is 18.0 Å². The maximum absolute atomic E-state index is 13.5. The summed E-state index contributed by atoms with van der Waals surface area (Å²) in [6.07, 6.45) is 0.0380. The number of nitrogens with zero attached hydrogens (tertiary/aromatic N) is 1. The van der Waals surface area contributed by atoms with Crippen molar-refractivity contribution < 1.29 is 22.7 Å². The summed E-state index contributed by atoms with van der Waals surface area (Å²) in [6.45, 7) is 5.68. The van der Waals surface area contributed by atoms with Crippen LogP contribution in [0.3, 0.4) is 0 Å². The van der Waals surface area contributed by atoms with Gasteiger partial charge < -0.3 is 14.8 Å². The van der Waals surface area contributed by atoms with Crippen LogP contribution in [0.5, 0.6) is 11.5 Å². The van der Waals surface area contributed by atoms with Crippen molar-refractivity contribution in [3.8, 4) is 11.5 Å². The zero-order valence-corrected chi connectivity index (χ0v) is 20.6. The lowest BCUT2D eigenvalue weighted by atomic mass is 10.2. The number of rotatable bonds is 10. The van der Waals surface area contributed by atoms with Crippen molar-refractivity contribution in [1.29, 1.82) is 0 Å². The Hall–Kier alpha value is -3.52. The first-order valence-corrected chi connectivity index (χ1v) is 12.4. The van der Waals surface area contributed by atoms with Gasteiger partial charge in [-0.3, -0.25) is 9.10 Å². The summed E-state index contributed by atoms with van der Waals surface area (Å²) in [5.41, 5.74) is 2.24. The summed E-state index contributed by atoms with van der Waals surface area (Å²) in [7, 11) is -2.48. The van der Waals surface area contributed by atoms with E-state index in [1.165, 1.54) is 19.2 Å². The molecule has 7 nitrogen and oxygen atoms in total. The van der Waals surface area contributed by atoms with Gasteiger partial charge in [-0.05, 0) is 74.9 Å². The molecule has 0 heterocycles. The van der Waals surface area contributed by atoms with E-state index in [4.69, 9.17) is 9.47 Å². The Balaban J connectivity index is 1.80. The molecular weight excluding hydrogens is 452 g/mol. The molecule has 0 saturated heterocycles. The molecule has 0 fully saturated rings. The second kappa shape index (κ2) is 11.1. The second-order valence-corrected chi connectivity index (χ2v) is 9.98. The molecule has 1 N–H and O–H groups in total. The van der Waals surface area contributed by atoms with Gasteiger partial charge in [0, 0.05) is 6.54 Å². The molecule has 0 aliphatic rings. The number of aryl methyl sites for hydroxylation is 1. The summed E-state index contributed by atoms with van der Waals surface area (Å²) in [5, 5.41) is 2.81. The van der Waals surface area contributed by atoms with Crippen LogP contribution < -0.4 is 19.1 Å². The smallest absolute Gasteiger partial charge is 0.264 e. The minimum absolute atomic E-state index is 0.0380. The molecule has 0 radical (unpaired) electrons. The van der Waals surface area contributed by atoms with E-state index in [0.29, 0.717) is 17.2 Å². The number of nitrogens with one attached hydrogen (secondary N) is 1. The number of methoxy groups -OCH3 is 1. The first-order valence-electron chi connectivity index (χ1n) is 10.9. The van der Waals surface area contributed by atoms with Crippen molar-refractivity contribution in [2.75, 3.05) is 18.0 Å². The van der Waals surface area contributed by atoms with E-state index in [1.807, 2.05) is 57.2 Å². The second-order valence-electron chi connectivity index (χ2n) is 8.11. The predicted octanol–water partition coefficient (Wildman–Crippen LogP) is 4.30. The molecule has 0 aliphatic carbocycles. The van der Waals surface area contributed by atoms with Gasteiger partial charge in [-0.25, -0.2) is 8.42 Å². The van der Waals surface area contributed by atoms with Gasteiger partial charge in [-0.1, -0.05) is 29.8 Å². The van der Waals surface area contributed by atoms with Crippen molar-refractivity contribution in [3.05, 3.63) is 83.9 Å². The maximum atomic E-state index is 13.5. The van der Waals surface area contributed by atoms with Gasteiger partial charge in [0.2, 0.25) is 5.91 Å². The third kappa shape index (κ3) is 6.51. The molecule has 0 atom stereocenters. The van der Waals surface area contributed by atoms with Gasteiger partial charge in [0.05, 0.1) is 23.8 Å². The number of carbonyl (C=O) groups is 1. The molecule has 3 aromatic rings. The SMILES string of the molecule is COc1ccc(S(=O)(=O)N(CC(=O)NCc2cccc(OC(C)C)c2)c2ccc(C)cc2)cc1. The van der Waals surface area contributed by atoms with Crippen LogP contribution in [0.25, 0.3) is 0 Å². The third-order valence-corrected chi connectivity index (χ3v) is 6.80. The van der Waals surface area contributed by atoms with Gasteiger partial charge >= 0.3 is 0 Å². The van der Waals surface area contributed by atoms with Crippen LogP contribution in [0.4, 0.5) is 5.69 Å². The summed E-state index contributed by atoms with van der Waals surface area (Å²) in [5.74, 6) is 0.834. The molecule has 0 aromatic heterocycles. The highest BCUT2D eigenvalue weighted by Crippen LogP contribution is 2.25. The van der Waals surface area contributed by atoms with Crippen LogP contribution in [0.1, 0.15) is 25.0 Å². The van der Waals surface area contributed by atoms with Crippen molar-refractivity contribution in [1.82, 2.24) is 5.32 Å². The number of amides is 1. The fourth-order valence-electron chi connectivity index (χ4n) is 3.29. The fraction of sp³-hybridized carbons (Fsp3) is 0.269. The third-order valence-electron chi connectivity index (χ3n) is 5.02. The zero-order valence-electron chi connectivity index (χ0n) is 19.8. The number of hydrogen-bond donors (Lipinski definition) is 1. The molecule has 0 saturated carbocycles. The lowest BCUT2D eigenvalue weighted by Gasteiger charge is -2.24. The van der Waals surface area contributed by atoms with E-state index in [-0.39, 0.29) is 24.1 Å². The Morgan fingerprint density at radius 2 is 1.65 bits per heavy atom. The summed E-state index contributed by atoms with van der Waals surface area (Å²) < 4.78 is 38.9. The molecule has 34 heavy (non-hydrogen) atoms. The average Bonchev–Trinajstić information content (AvgIpc) is 2.81. The Morgan fingerprint density at radius 1 is 0.971 bits per heavy atom. The largest absolute Gasteiger partial charge is 0.497 e. The lowest BCUT2D eigenvalue weighted by Crippen LogP contribution is -2.40. The highest BCUT2D eigenvalue weighted by molar-refractivity contribution is 7.92. The van der Waals surface area contributed by atoms with E-state index >= 15 is 0 Å². The van der Waals surface area contributed by atoms with Crippen LogP contribution in [0.2, 0.25) is 0 Å². The van der Waals surface area contributed by atoms with Crippen molar-refractivity contribution in [3.63, 3.8) is 0 Å². The number of benzene rings is 3. The van der Waals surface area contributed by atoms with Crippen LogP contribution in [-0.2, 0) is 21.4 Å². The Bertz CT molecular complexity index is 1210. The summed E-state index contributed by atoms with van der Waals surface area (Å²) in [4.78, 5) is 12.9. The fourth-order valence-corrected chi connectivity index (χ4v) is 4.71. The molecule has 3 rings (SSSR count). The molecule has 180 valence electrons. The molecule has 8 heteroatoms. The summed E-state index contributed by atoms with van der Waals surface area (Å²) >= 11 is 0. The normalized spacial score (nSPS) is 11.2. The summed E-state index contributed by atoms with van der Waals surface area (Å²) in [6, 6.07) is 20.5. The number of hydrogen-bond acceptors (Lipinski definition) is 5. The number of anilines is 1. The topological polar surface area (TPSA) is 84.9 Å². The Labute approximate surface area is 201 Å².